The van der Waals surface area contributed by atoms with E-state index in [0.29, 0.717) is 41.7 Å². The molecule has 16 nitrogen and oxygen atoms in total. The molecule has 0 aliphatic carbocycles. The average Bonchev–Trinajstić information content (AvgIpc) is 4.10. The zero-order valence-electron chi connectivity index (χ0n) is 44.8. The molecule has 0 radical (unpaired) electrons. The number of piperazine rings is 2. The number of ether oxygens (including phenoxy) is 2. The van der Waals surface area contributed by atoms with Gasteiger partial charge in [-0.3, -0.25) is 29.4 Å². The topological polar surface area (TPSA) is 164 Å². The summed E-state index contributed by atoms with van der Waals surface area (Å²) in [5.41, 5.74) is 9.85. The molecule has 7 heterocycles. The van der Waals surface area contributed by atoms with E-state index in [1.54, 1.807) is 51.0 Å². The molecule has 404 valence electrons. The third-order valence-electron chi connectivity index (χ3n) is 14.2. The van der Waals surface area contributed by atoms with Gasteiger partial charge in [-0.05, 0) is 117 Å². The van der Waals surface area contributed by atoms with Gasteiger partial charge in [-0.15, -0.1) is 0 Å². The fourth-order valence-corrected chi connectivity index (χ4v) is 10.3. The number of aromatic nitrogens is 6. The van der Waals surface area contributed by atoms with Gasteiger partial charge in [0.25, 0.3) is 0 Å². The summed E-state index contributed by atoms with van der Waals surface area (Å²) < 4.78 is 10.5. The molecule has 4 aromatic carbocycles. The number of Topliss-reactive ketones (excluding diaryl/α,β-unsaturated/α-hetero) is 1. The first-order valence-electron chi connectivity index (χ1n) is 26.2. The van der Waals surface area contributed by atoms with Gasteiger partial charge < -0.3 is 39.0 Å². The lowest BCUT2D eigenvalue weighted by molar-refractivity contribution is -0.126. The zero-order chi connectivity index (χ0) is 54.5. The van der Waals surface area contributed by atoms with E-state index in [4.69, 9.17) is 37.7 Å². The number of benzene rings is 4. The number of likely N-dealkylation sites (tertiary alicyclic amines) is 1. The first kappa shape index (κ1) is 55.3. The Morgan fingerprint density at radius 3 is 1.79 bits per heavy atom. The van der Waals surface area contributed by atoms with Crippen molar-refractivity contribution in [2.24, 2.45) is 4.99 Å². The lowest BCUT2D eigenvalue weighted by atomic mass is 9.91. The number of nitrogens with one attached hydrogen (secondary N) is 2. The number of hydrogen-bond donors (Lipinski definition) is 2. The number of piperidine rings is 1. The standard InChI is InChI=1S/C30H33ClN6O2.C16H20N4O.C14H13ClN2O/c1-35-13-15-36(16-14-35)25-7-3-6-24-29(25)34-30(33-24)27-18-21(38)17-26(28-23(31)5-4-12-32-28)37(27)19-20-8-10-22(39-2)11-9-20;1-12(21)6-7-15-17-13-4-3-5-14(16(13)18-15)20-10-8-19(2)9-11-20;1-18-12-6-4-11(5-7-12)9-16-10-14-13(15)3-2-8-17-14/h3-12,26-27H,13-19H2,1-2H3,(H,33,34);3-7H,8-11H2,1-2H3,(H,17,18);2-8,10H,9H2,1H3/b;7-6+;. The first-order valence-corrected chi connectivity index (χ1v) is 27.0. The summed E-state index contributed by atoms with van der Waals surface area (Å²) in [5, 5.41) is 1.17. The van der Waals surface area contributed by atoms with Crippen LogP contribution < -0.4 is 19.3 Å². The van der Waals surface area contributed by atoms with Crippen LogP contribution in [0.1, 0.15) is 66.0 Å². The van der Waals surface area contributed by atoms with Crippen molar-refractivity contribution in [2.75, 3.05) is 90.5 Å². The third kappa shape index (κ3) is 14.0. The predicted octanol–water partition coefficient (Wildman–Crippen LogP) is 10.3. The van der Waals surface area contributed by atoms with Gasteiger partial charge in [-0.1, -0.05) is 59.6 Å². The lowest BCUT2D eigenvalue weighted by Gasteiger charge is -2.40. The molecule has 3 aliphatic rings. The van der Waals surface area contributed by atoms with Crippen molar-refractivity contribution in [3.8, 4) is 11.5 Å². The van der Waals surface area contributed by atoms with Crippen LogP contribution in [0.3, 0.4) is 0 Å². The van der Waals surface area contributed by atoms with Gasteiger partial charge in [-0.2, -0.15) is 0 Å². The number of anilines is 2. The number of pyridine rings is 2. The molecule has 2 unspecified atom stereocenters. The molecule has 0 saturated carbocycles. The maximum absolute atomic E-state index is 13.2. The van der Waals surface area contributed by atoms with Gasteiger partial charge in [0.05, 0.1) is 76.7 Å². The number of ketones is 2. The van der Waals surface area contributed by atoms with E-state index < -0.39 is 0 Å². The third-order valence-corrected chi connectivity index (χ3v) is 14.8. The second-order valence-electron chi connectivity index (χ2n) is 19.7. The maximum atomic E-state index is 13.2. The largest absolute Gasteiger partial charge is 0.497 e. The van der Waals surface area contributed by atoms with Gasteiger partial charge in [-0.25, -0.2) is 9.97 Å². The molecule has 2 N–H and O–H groups in total. The van der Waals surface area contributed by atoms with Crippen LogP contribution in [0.4, 0.5) is 11.4 Å². The van der Waals surface area contributed by atoms with Crippen molar-refractivity contribution in [3.63, 3.8) is 0 Å². The minimum Gasteiger partial charge on any atom is -0.497 e. The number of likely N-dealkylation sites (N-methyl/N-ethyl adjacent to an activating group) is 2. The number of carbonyl (C=O) groups is 2. The molecule has 3 aliphatic heterocycles. The molecule has 18 heteroatoms. The molecule has 4 aromatic heterocycles. The number of rotatable bonds is 13. The number of aromatic amines is 2. The number of hydrogen-bond acceptors (Lipinski definition) is 14. The van der Waals surface area contributed by atoms with Crippen molar-refractivity contribution in [1.29, 1.82) is 0 Å². The Hall–Kier alpha value is -7.47. The second-order valence-corrected chi connectivity index (χ2v) is 20.5. The van der Waals surface area contributed by atoms with Crippen molar-refractivity contribution < 1.29 is 19.1 Å². The summed E-state index contributed by atoms with van der Waals surface area (Å²) in [6.07, 6.45) is 9.12. The van der Waals surface area contributed by atoms with E-state index in [9.17, 15) is 9.59 Å². The van der Waals surface area contributed by atoms with Crippen LogP contribution in [0.15, 0.2) is 133 Å². The smallest absolute Gasteiger partial charge is 0.152 e. The molecular formula is C60H66Cl2N12O4. The summed E-state index contributed by atoms with van der Waals surface area (Å²) >= 11 is 12.6. The Kier molecular flexibility index (Phi) is 18.6. The molecule has 3 saturated heterocycles. The summed E-state index contributed by atoms with van der Waals surface area (Å²) in [6, 6.07) is 35.1. The van der Waals surface area contributed by atoms with Crippen LogP contribution in [0.5, 0.6) is 11.5 Å². The maximum Gasteiger partial charge on any atom is 0.152 e. The Morgan fingerprint density at radius 1 is 0.667 bits per heavy atom. The summed E-state index contributed by atoms with van der Waals surface area (Å²) in [4.78, 5) is 65.7. The fourth-order valence-electron chi connectivity index (χ4n) is 9.85. The number of methoxy groups -OCH3 is 2. The number of para-hydroxylation sites is 2. The Balaban J connectivity index is 0.000000159. The van der Waals surface area contributed by atoms with Gasteiger partial charge in [0.15, 0.2) is 5.78 Å². The summed E-state index contributed by atoms with van der Waals surface area (Å²) in [5.74, 6) is 3.37. The predicted molar refractivity (Wildman–Crippen MR) is 312 cm³/mol. The normalized spacial score (nSPS) is 17.6. The number of fused-ring (bicyclic) bond motifs is 2. The van der Waals surface area contributed by atoms with Crippen LogP contribution >= 0.6 is 23.2 Å². The van der Waals surface area contributed by atoms with Crippen LogP contribution in [-0.4, -0.2) is 143 Å². The van der Waals surface area contributed by atoms with Gasteiger partial charge in [0, 0.05) is 90.4 Å². The van der Waals surface area contributed by atoms with E-state index in [2.05, 4.69) is 105 Å². The van der Waals surface area contributed by atoms with E-state index >= 15 is 0 Å². The highest BCUT2D eigenvalue weighted by Gasteiger charge is 2.40. The Bertz CT molecular complexity index is 3350. The number of H-pyrrole nitrogens is 2. The average molecular weight is 1090 g/mol. The molecule has 11 rings (SSSR count). The Labute approximate surface area is 465 Å². The molecular weight excluding hydrogens is 1020 g/mol. The van der Waals surface area contributed by atoms with Crippen LogP contribution in [-0.2, 0) is 22.7 Å². The van der Waals surface area contributed by atoms with Crippen LogP contribution in [0.25, 0.3) is 28.1 Å². The van der Waals surface area contributed by atoms with Gasteiger partial charge in [0.1, 0.15) is 40.0 Å². The molecule has 78 heavy (non-hydrogen) atoms. The van der Waals surface area contributed by atoms with Crippen LogP contribution in [0.2, 0.25) is 10.0 Å². The SMILES string of the molecule is CC(=O)/C=C/c1nc2c(N3CCN(C)CC3)cccc2[nH]1.COc1ccc(CN2C(c3nc4c(N5CCN(C)CC5)cccc4[nH]3)CC(=O)CC2c2ncccc2Cl)cc1.COc1ccc(CN=Cc2ncccc2Cl)cc1. The number of aliphatic imine (C=N–C) groups is 1. The summed E-state index contributed by atoms with van der Waals surface area (Å²) in [6.45, 7) is 10.9. The molecule has 0 amide bonds. The first-order chi connectivity index (χ1) is 37.9. The molecule has 0 spiro atoms. The van der Waals surface area contributed by atoms with E-state index in [1.807, 2.05) is 60.7 Å². The summed E-state index contributed by atoms with van der Waals surface area (Å²) in [7, 11) is 7.62. The van der Waals surface area contributed by atoms with Crippen LogP contribution in [0, 0.1) is 0 Å². The second kappa shape index (κ2) is 26.3. The Morgan fingerprint density at radius 2 is 1.22 bits per heavy atom. The number of imidazole rings is 2. The minimum absolute atomic E-state index is 0.0229. The van der Waals surface area contributed by atoms with E-state index in [0.717, 1.165) is 120 Å². The highest BCUT2D eigenvalue weighted by molar-refractivity contribution is 6.32. The lowest BCUT2D eigenvalue weighted by Crippen LogP contribution is -2.44. The van der Waals surface area contributed by atoms with Gasteiger partial charge in [0.2, 0.25) is 0 Å². The minimum atomic E-state index is -0.266. The zero-order valence-corrected chi connectivity index (χ0v) is 46.3. The highest BCUT2D eigenvalue weighted by atomic mass is 35.5. The van der Waals surface area contributed by atoms with Crippen molar-refractivity contribution >= 4 is 80.5 Å². The van der Waals surface area contributed by atoms with E-state index in [-0.39, 0.29) is 23.7 Å². The fraction of sp³-hybridized carbons (Fsp3) is 0.317. The van der Waals surface area contributed by atoms with Crippen molar-refractivity contribution in [3.05, 3.63) is 172 Å². The highest BCUT2D eigenvalue weighted by Crippen LogP contribution is 2.43. The van der Waals surface area contributed by atoms with Gasteiger partial charge >= 0.3 is 0 Å². The molecule has 0 bridgehead atoms. The molecule has 3 fully saturated rings. The van der Waals surface area contributed by atoms with Crippen molar-refractivity contribution in [1.82, 2.24) is 44.6 Å². The number of nitrogens with zero attached hydrogens (tertiary/aromatic N) is 10. The number of carbonyl (C=O) groups excluding carboxylic acids is 2. The quantitative estimate of drug-likeness (QED) is 0.0829. The monoisotopic (exact) mass is 1090 g/mol. The molecule has 2 atom stereocenters. The molecule has 8 aromatic rings. The van der Waals surface area contributed by atoms with E-state index in [1.165, 1.54) is 18.7 Å². The number of halogens is 2. The van der Waals surface area contributed by atoms with Crippen molar-refractivity contribution in [2.45, 2.75) is 44.9 Å². The number of allylic oxidation sites excluding steroid dienone is 1.